The van der Waals surface area contributed by atoms with Gasteiger partial charge in [0.05, 0.1) is 18.8 Å². The average Bonchev–Trinajstić information content (AvgIpc) is 2.84. The number of esters is 4. The Morgan fingerprint density at radius 1 is 0.639 bits per heavy atom. The minimum atomic E-state index is -0.674. The van der Waals surface area contributed by atoms with E-state index in [1.165, 1.54) is 19.9 Å². The van der Waals surface area contributed by atoms with E-state index in [2.05, 4.69) is 19.7 Å². The first kappa shape index (κ1) is 27.8. The number of hydrogen-bond donors (Lipinski definition) is 0. The van der Waals surface area contributed by atoms with E-state index in [1.807, 2.05) is 0 Å². The summed E-state index contributed by atoms with van der Waals surface area (Å²) in [6, 6.07) is 11.3. The van der Waals surface area contributed by atoms with Crippen LogP contribution in [0.25, 0.3) is 11.1 Å². The number of hydrogen-bond acceptors (Lipinski definition) is 8. The summed E-state index contributed by atoms with van der Waals surface area (Å²) in [5.74, 6) is -2.26. The molecule has 0 bridgehead atoms. The van der Waals surface area contributed by atoms with Crippen LogP contribution in [0.3, 0.4) is 0 Å². The molecule has 0 aliphatic rings. The molecule has 2 aromatic carbocycles. The van der Waals surface area contributed by atoms with Gasteiger partial charge in [-0.1, -0.05) is 37.9 Å². The lowest BCUT2D eigenvalue weighted by Gasteiger charge is -2.13. The molecule has 188 valence electrons. The third-order valence-electron chi connectivity index (χ3n) is 4.60. The van der Waals surface area contributed by atoms with Gasteiger partial charge in [-0.05, 0) is 56.2 Å². The highest BCUT2D eigenvalue weighted by Gasteiger charge is 2.17. The third kappa shape index (κ3) is 8.09. The van der Waals surface area contributed by atoms with Crippen molar-refractivity contribution >= 4 is 23.9 Å². The van der Waals surface area contributed by atoms with Gasteiger partial charge in [-0.2, -0.15) is 0 Å². The van der Waals surface area contributed by atoms with Crippen LogP contribution >= 0.6 is 0 Å². The summed E-state index contributed by atoms with van der Waals surface area (Å²) in [7, 11) is 0. The number of carbonyl (C=O) groups excluding carboxylic acids is 4. The maximum absolute atomic E-state index is 12.3. The molecule has 36 heavy (non-hydrogen) atoms. The number of benzene rings is 2. The highest BCUT2D eigenvalue weighted by atomic mass is 16.6. The molecule has 0 fully saturated rings. The van der Waals surface area contributed by atoms with Crippen LogP contribution in [0.5, 0.6) is 11.5 Å². The van der Waals surface area contributed by atoms with Gasteiger partial charge < -0.3 is 18.9 Å². The fraction of sp³-hybridized carbons (Fsp3) is 0.214. The molecule has 0 heterocycles. The minimum Gasteiger partial charge on any atom is -0.462 e. The van der Waals surface area contributed by atoms with Gasteiger partial charge in [-0.15, -0.1) is 0 Å². The van der Waals surface area contributed by atoms with Crippen LogP contribution in [0.1, 0.15) is 37.6 Å². The molecule has 0 amide bonds. The quantitative estimate of drug-likeness (QED) is 0.187. The summed E-state index contributed by atoms with van der Waals surface area (Å²) < 4.78 is 20.8. The topological polar surface area (TPSA) is 105 Å². The van der Waals surface area contributed by atoms with Gasteiger partial charge in [0.15, 0.2) is 11.5 Å². The monoisotopic (exact) mass is 492 g/mol. The van der Waals surface area contributed by atoms with Crippen molar-refractivity contribution in [3.05, 3.63) is 84.5 Å². The molecule has 0 spiro atoms. The second-order valence-corrected chi connectivity index (χ2v) is 7.98. The smallest absolute Gasteiger partial charge is 0.338 e. The zero-order valence-electron chi connectivity index (χ0n) is 20.6. The first-order valence-electron chi connectivity index (χ1n) is 11.0. The normalized spacial score (nSPS) is 10.1. The van der Waals surface area contributed by atoms with Crippen LogP contribution < -0.4 is 9.47 Å². The Balaban J connectivity index is 2.11. The van der Waals surface area contributed by atoms with Crippen LogP contribution in [-0.4, -0.2) is 37.1 Å². The van der Waals surface area contributed by atoms with E-state index in [-0.39, 0.29) is 35.9 Å². The van der Waals surface area contributed by atoms with Gasteiger partial charge in [0.1, 0.15) is 0 Å². The van der Waals surface area contributed by atoms with Crippen molar-refractivity contribution in [1.29, 1.82) is 0 Å². The molecule has 8 nitrogen and oxygen atoms in total. The number of carbonyl (C=O) groups is 4. The molecule has 2 rings (SSSR count). The van der Waals surface area contributed by atoms with Gasteiger partial charge >= 0.3 is 23.9 Å². The maximum Gasteiger partial charge on any atom is 0.338 e. The molecule has 2 aromatic rings. The van der Waals surface area contributed by atoms with Gasteiger partial charge in [-0.3, -0.25) is 0 Å². The van der Waals surface area contributed by atoms with Gasteiger partial charge in [0.25, 0.3) is 0 Å². The molecule has 0 aliphatic carbocycles. The van der Waals surface area contributed by atoms with Crippen molar-refractivity contribution in [2.45, 2.75) is 27.2 Å². The molecular formula is C28H28O8. The van der Waals surface area contributed by atoms with Crippen molar-refractivity contribution in [3.8, 4) is 22.6 Å². The van der Waals surface area contributed by atoms with E-state index >= 15 is 0 Å². The molecule has 0 aromatic heterocycles. The molecule has 0 aliphatic heterocycles. The Morgan fingerprint density at radius 2 is 1.14 bits per heavy atom. The van der Waals surface area contributed by atoms with Crippen molar-refractivity contribution in [2.75, 3.05) is 13.2 Å². The zero-order chi connectivity index (χ0) is 26.8. The molecule has 0 atom stereocenters. The third-order valence-corrected chi connectivity index (χ3v) is 4.60. The summed E-state index contributed by atoms with van der Waals surface area (Å²) in [4.78, 5) is 47.6. The summed E-state index contributed by atoms with van der Waals surface area (Å²) in [6.45, 7) is 15.3. The van der Waals surface area contributed by atoms with Crippen molar-refractivity contribution < 1.29 is 38.1 Å². The Hall–Kier alpha value is -4.46. The van der Waals surface area contributed by atoms with E-state index < -0.39 is 23.9 Å². The molecule has 0 unspecified atom stereocenters. The van der Waals surface area contributed by atoms with Gasteiger partial charge in [-0.25, -0.2) is 19.2 Å². The summed E-state index contributed by atoms with van der Waals surface area (Å²) >= 11 is 0. The van der Waals surface area contributed by atoms with Crippen LogP contribution in [0.4, 0.5) is 0 Å². The first-order valence-corrected chi connectivity index (χ1v) is 11.0. The summed E-state index contributed by atoms with van der Waals surface area (Å²) in [5.41, 5.74) is 2.35. The fourth-order valence-corrected chi connectivity index (χ4v) is 2.62. The van der Waals surface area contributed by atoms with Crippen LogP contribution in [0, 0.1) is 0 Å². The van der Waals surface area contributed by atoms with Crippen LogP contribution in [-0.2, 0) is 23.9 Å². The second-order valence-electron chi connectivity index (χ2n) is 7.98. The largest absolute Gasteiger partial charge is 0.462 e. The average molecular weight is 493 g/mol. The van der Waals surface area contributed by atoms with Crippen LogP contribution in [0.2, 0.25) is 0 Å². The minimum absolute atomic E-state index is 0.0333. The van der Waals surface area contributed by atoms with Crippen molar-refractivity contribution in [2.24, 2.45) is 0 Å². The van der Waals surface area contributed by atoms with Crippen molar-refractivity contribution in [3.63, 3.8) is 0 Å². The van der Waals surface area contributed by atoms with E-state index in [9.17, 15) is 19.2 Å². The van der Waals surface area contributed by atoms with E-state index in [1.54, 1.807) is 43.3 Å². The fourth-order valence-electron chi connectivity index (χ4n) is 2.62. The zero-order valence-corrected chi connectivity index (χ0v) is 20.6. The number of rotatable bonds is 11. The Labute approximate surface area is 209 Å². The number of ether oxygens (including phenoxy) is 4. The lowest BCUT2D eigenvalue weighted by molar-refractivity contribution is -0.139. The van der Waals surface area contributed by atoms with Crippen molar-refractivity contribution in [1.82, 2.24) is 0 Å². The highest BCUT2D eigenvalue weighted by molar-refractivity contribution is 5.92. The predicted molar refractivity (Wildman–Crippen MR) is 133 cm³/mol. The van der Waals surface area contributed by atoms with E-state index in [4.69, 9.17) is 18.9 Å². The van der Waals surface area contributed by atoms with Gasteiger partial charge in [0, 0.05) is 23.1 Å². The lowest BCUT2D eigenvalue weighted by atomic mass is 10.0. The molecule has 0 saturated carbocycles. The SMILES string of the molecule is C=C(C)C(=O)OCCCOC(=O)c1ccc(-c2ccc(OC(=O)C(=C)C)c(OC(=O)C(=C)C)c2)cc1. The molecule has 0 N–H and O–H groups in total. The molecule has 8 heteroatoms. The van der Waals surface area contributed by atoms with E-state index in [0.717, 1.165) is 0 Å². The molecular weight excluding hydrogens is 464 g/mol. The van der Waals surface area contributed by atoms with Crippen LogP contribution in [0.15, 0.2) is 78.9 Å². The summed E-state index contributed by atoms with van der Waals surface area (Å²) in [6.07, 6.45) is 0.358. The van der Waals surface area contributed by atoms with E-state index in [0.29, 0.717) is 28.7 Å². The second kappa shape index (κ2) is 12.9. The molecule has 0 saturated heterocycles. The Bertz CT molecular complexity index is 1200. The Morgan fingerprint density at radius 3 is 1.69 bits per heavy atom. The molecule has 0 radical (unpaired) electrons. The first-order chi connectivity index (χ1) is 17.0. The Kier molecular flexibility index (Phi) is 9.92. The highest BCUT2D eigenvalue weighted by Crippen LogP contribution is 2.34. The maximum atomic E-state index is 12.3. The predicted octanol–water partition coefficient (Wildman–Crippen LogP) is 4.98. The lowest BCUT2D eigenvalue weighted by Crippen LogP contribution is -2.12. The van der Waals surface area contributed by atoms with Gasteiger partial charge in [0.2, 0.25) is 0 Å². The standard InChI is InChI=1S/C28H28O8/c1-17(2)25(29)33-14-7-15-34-28(32)21-10-8-20(9-11-21)22-12-13-23(35-26(30)18(3)4)24(16-22)36-27(31)19(5)6/h8-13,16H,1,3,5,7,14-15H2,2,4,6H3. The summed E-state index contributed by atoms with van der Waals surface area (Å²) in [5, 5.41) is 0.